The number of fused-ring (bicyclic) bond motifs is 1. The molecule has 2 atom stereocenters. The number of hydrogen-bond donors (Lipinski definition) is 1. The highest BCUT2D eigenvalue weighted by atomic mass is 14.9. The summed E-state index contributed by atoms with van der Waals surface area (Å²) >= 11 is 0. The standard InChI is InChI=1S/C17H21N3/c1-12-11-14(8-10-19-12)16(18-2)15-7-3-5-13-6-4-9-20-17(13)15/h4,6,8-11,15-16,18H,3,5,7H2,1-2H3. The molecule has 1 aliphatic rings. The maximum atomic E-state index is 4.66. The fourth-order valence-corrected chi connectivity index (χ4v) is 3.33. The maximum Gasteiger partial charge on any atom is 0.0485 e. The van der Waals surface area contributed by atoms with Gasteiger partial charge in [0.1, 0.15) is 0 Å². The van der Waals surface area contributed by atoms with Crippen LogP contribution in [-0.4, -0.2) is 17.0 Å². The highest BCUT2D eigenvalue weighted by Gasteiger charge is 2.29. The minimum atomic E-state index is 0.311. The van der Waals surface area contributed by atoms with Crippen molar-refractivity contribution in [2.24, 2.45) is 0 Å². The summed E-state index contributed by atoms with van der Waals surface area (Å²) in [6.07, 6.45) is 7.41. The smallest absolute Gasteiger partial charge is 0.0485 e. The Kier molecular flexibility index (Phi) is 3.79. The van der Waals surface area contributed by atoms with E-state index in [1.807, 2.05) is 32.4 Å². The molecule has 2 unspecified atom stereocenters. The van der Waals surface area contributed by atoms with Crippen LogP contribution in [0.3, 0.4) is 0 Å². The predicted octanol–water partition coefficient (Wildman–Crippen LogP) is 3.17. The highest BCUT2D eigenvalue weighted by Crippen LogP contribution is 2.38. The van der Waals surface area contributed by atoms with Crippen molar-refractivity contribution >= 4 is 0 Å². The SMILES string of the molecule is CNC(c1ccnc(C)c1)C1CCCc2cccnc21. The molecule has 1 aliphatic carbocycles. The number of nitrogens with one attached hydrogen (secondary N) is 1. The zero-order valence-electron chi connectivity index (χ0n) is 12.1. The van der Waals surface area contributed by atoms with Gasteiger partial charge in [0.15, 0.2) is 0 Å². The zero-order valence-corrected chi connectivity index (χ0v) is 12.1. The second-order valence-corrected chi connectivity index (χ2v) is 5.54. The van der Waals surface area contributed by atoms with Gasteiger partial charge < -0.3 is 5.32 Å². The summed E-state index contributed by atoms with van der Waals surface area (Å²) in [5.74, 6) is 0.451. The van der Waals surface area contributed by atoms with Crippen LogP contribution in [0.15, 0.2) is 36.7 Å². The average molecular weight is 267 g/mol. The second-order valence-electron chi connectivity index (χ2n) is 5.54. The molecule has 2 heterocycles. The Balaban J connectivity index is 1.99. The molecule has 0 bridgehead atoms. The maximum absolute atomic E-state index is 4.66. The largest absolute Gasteiger partial charge is 0.312 e. The fourth-order valence-electron chi connectivity index (χ4n) is 3.33. The number of pyridine rings is 2. The van der Waals surface area contributed by atoms with Crippen molar-refractivity contribution < 1.29 is 0 Å². The molecule has 2 aromatic rings. The van der Waals surface area contributed by atoms with Gasteiger partial charge >= 0.3 is 0 Å². The van der Waals surface area contributed by atoms with E-state index in [0.29, 0.717) is 12.0 Å². The summed E-state index contributed by atoms with van der Waals surface area (Å²) in [7, 11) is 2.04. The number of likely N-dealkylation sites (N-methyl/N-ethyl adjacent to an activating group) is 1. The minimum Gasteiger partial charge on any atom is -0.312 e. The van der Waals surface area contributed by atoms with Gasteiger partial charge in [0.2, 0.25) is 0 Å². The Bertz CT molecular complexity index is 594. The molecule has 0 saturated carbocycles. The summed E-state index contributed by atoms with van der Waals surface area (Å²) in [4.78, 5) is 8.96. The zero-order chi connectivity index (χ0) is 13.9. The van der Waals surface area contributed by atoms with Crippen LogP contribution in [0, 0.1) is 6.92 Å². The normalized spacial score (nSPS) is 19.4. The van der Waals surface area contributed by atoms with Gasteiger partial charge in [-0.25, -0.2) is 0 Å². The van der Waals surface area contributed by atoms with Crippen LogP contribution in [0.4, 0.5) is 0 Å². The second kappa shape index (κ2) is 5.71. The number of rotatable bonds is 3. The van der Waals surface area contributed by atoms with Crippen molar-refractivity contribution in [2.45, 2.75) is 38.1 Å². The third-order valence-electron chi connectivity index (χ3n) is 4.23. The molecule has 2 aromatic heterocycles. The molecule has 0 radical (unpaired) electrons. The lowest BCUT2D eigenvalue weighted by molar-refractivity contribution is 0.415. The van der Waals surface area contributed by atoms with E-state index in [-0.39, 0.29) is 0 Å². The number of aryl methyl sites for hydroxylation is 2. The molecule has 0 amide bonds. The molecule has 1 N–H and O–H groups in total. The van der Waals surface area contributed by atoms with Crippen LogP contribution in [0.5, 0.6) is 0 Å². The van der Waals surface area contributed by atoms with Crippen molar-refractivity contribution in [3.8, 4) is 0 Å². The van der Waals surface area contributed by atoms with Gasteiger partial charge in [-0.15, -0.1) is 0 Å². The van der Waals surface area contributed by atoms with Crippen LogP contribution >= 0.6 is 0 Å². The molecular weight excluding hydrogens is 246 g/mol. The Morgan fingerprint density at radius 1 is 1.25 bits per heavy atom. The number of nitrogens with zero attached hydrogens (tertiary/aromatic N) is 2. The lowest BCUT2D eigenvalue weighted by Gasteiger charge is -2.31. The Hall–Kier alpha value is -1.74. The van der Waals surface area contributed by atoms with Crippen molar-refractivity contribution in [3.05, 3.63) is 59.2 Å². The van der Waals surface area contributed by atoms with Gasteiger partial charge in [-0.1, -0.05) is 6.07 Å². The summed E-state index contributed by atoms with van der Waals surface area (Å²) in [5, 5.41) is 3.49. The van der Waals surface area contributed by atoms with Crippen molar-refractivity contribution in [2.75, 3.05) is 7.05 Å². The molecule has 104 valence electrons. The number of hydrogen-bond acceptors (Lipinski definition) is 3. The summed E-state index contributed by atoms with van der Waals surface area (Å²) < 4.78 is 0. The average Bonchev–Trinajstić information content (AvgIpc) is 2.48. The van der Waals surface area contributed by atoms with Crippen LogP contribution in [0.25, 0.3) is 0 Å². The Morgan fingerprint density at radius 3 is 2.95 bits per heavy atom. The van der Waals surface area contributed by atoms with Gasteiger partial charge in [0.25, 0.3) is 0 Å². The molecule has 0 spiro atoms. The first-order valence-corrected chi connectivity index (χ1v) is 7.33. The monoisotopic (exact) mass is 267 g/mol. The summed E-state index contributed by atoms with van der Waals surface area (Å²) in [6.45, 7) is 2.04. The minimum absolute atomic E-state index is 0.311. The number of aromatic nitrogens is 2. The van der Waals surface area contributed by atoms with Crippen LogP contribution in [0.2, 0.25) is 0 Å². The summed E-state index contributed by atoms with van der Waals surface area (Å²) in [5.41, 5.74) is 5.06. The van der Waals surface area contributed by atoms with Gasteiger partial charge in [0.05, 0.1) is 0 Å². The van der Waals surface area contributed by atoms with E-state index in [9.17, 15) is 0 Å². The van der Waals surface area contributed by atoms with E-state index in [2.05, 4.69) is 33.5 Å². The molecule has 3 rings (SSSR count). The topological polar surface area (TPSA) is 37.8 Å². The van der Waals surface area contributed by atoms with Crippen LogP contribution in [0.1, 0.15) is 47.3 Å². The summed E-state index contributed by atoms with van der Waals surface area (Å²) in [6, 6.07) is 8.88. The highest BCUT2D eigenvalue weighted by molar-refractivity contribution is 5.31. The van der Waals surface area contributed by atoms with Crippen molar-refractivity contribution in [1.82, 2.24) is 15.3 Å². The fraction of sp³-hybridized carbons (Fsp3) is 0.412. The van der Waals surface area contributed by atoms with E-state index >= 15 is 0 Å². The van der Waals surface area contributed by atoms with E-state index in [0.717, 1.165) is 12.1 Å². The van der Waals surface area contributed by atoms with Crippen molar-refractivity contribution in [1.29, 1.82) is 0 Å². The van der Waals surface area contributed by atoms with Crippen LogP contribution in [-0.2, 0) is 6.42 Å². The lowest BCUT2D eigenvalue weighted by atomic mass is 9.79. The van der Waals surface area contributed by atoms with Gasteiger partial charge in [0, 0.05) is 35.7 Å². The Labute approximate surface area is 120 Å². The molecule has 20 heavy (non-hydrogen) atoms. The first-order valence-electron chi connectivity index (χ1n) is 7.33. The van der Waals surface area contributed by atoms with E-state index in [1.165, 1.54) is 29.7 Å². The molecule has 0 fully saturated rings. The first kappa shape index (κ1) is 13.3. The third kappa shape index (κ3) is 2.46. The molecule has 0 aliphatic heterocycles. The molecule has 0 aromatic carbocycles. The molecule has 3 heteroatoms. The quantitative estimate of drug-likeness (QED) is 0.928. The van der Waals surface area contributed by atoms with E-state index < -0.39 is 0 Å². The van der Waals surface area contributed by atoms with E-state index in [1.54, 1.807) is 0 Å². The van der Waals surface area contributed by atoms with Gasteiger partial charge in [-0.3, -0.25) is 9.97 Å². The lowest BCUT2D eigenvalue weighted by Crippen LogP contribution is -2.27. The first-order chi connectivity index (χ1) is 9.79. The third-order valence-corrected chi connectivity index (χ3v) is 4.23. The van der Waals surface area contributed by atoms with Crippen LogP contribution < -0.4 is 5.32 Å². The predicted molar refractivity (Wildman–Crippen MR) is 80.7 cm³/mol. The molecular formula is C17H21N3. The Morgan fingerprint density at radius 2 is 2.15 bits per heavy atom. The van der Waals surface area contributed by atoms with Crippen molar-refractivity contribution in [3.63, 3.8) is 0 Å². The van der Waals surface area contributed by atoms with Gasteiger partial charge in [-0.05, 0) is 62.6 Å². The van der Waals surface area contributed by atoms with Gasteiger partial charge in [-0.2, -0.15) is 0 Å². The molecule has 3 nitrogen and oxygen atoms in total. The van der Waals surface area contributed by atoms with E-state index in [4.69, 9.17) is 0 Å². The molecule has 0 saturated heterocycles.